The van der Waals surface area contributed by atoms with Gasteiger partial charge in [-0.25, -0.2) is 0 Å². The molecule has 0 spiro atoms. The van der Waals surface area contributed by atoms with E-state index >= 15 is 0 Å². The third kappa shape index (κ3) is 1.73. The van der Waals surface area contributed by atoms with E-state index in [0.29, 0.717) is 5.82 Å². The monoisotopic (exact) mass is 169 g/mol. The summed E-state index contributed by atoms with van der Waals surface area (Å²) in [7, 11) is 0. The van der Waals surface area contributed by atoms with E-state index in [1.807, 2.05) is 20.8 Å². The van der Waals surface area contributed by atoms with Crippen LogP contribution in [-0.4, -0.2) is 15.2 Å². The lowest BCUT2D eigenvalue weighted by molar-refractivity contribution is 0.316. The first-order chi connectivity index (χ1) is 5.41. The highest BCUT2D eigenvalue weighted by Crippen LogP contribution is 2.28. The van der Waals surface area contributed by atoms with Crippen molar-refractivity contribution in [1.82, 2.24) is 15.2 Å². The molecule has 5 N–H and O–H groups in total. The summed E-state index contributed by atoms with van der Waals surface area (Å²) in [6.07, 6.45) is 0. The number of nitrogens with zero attached hydrogens (tertiary/aromatic N) is 2. The average Bonchev–Trinajstić information content (AvgIpc) is 2.32. The molecule has 68 valence electrons. The number of aromatic amines is 1. The van der Waals surface area contributed by atoms with Crippen LogP contribution in [0.1, 0.15) is 32.6 Å². The molecular formula is C7H15N5. The Morgan fingerprint density at radius 3 is 2.33 bits per heavy atom. The van der Waals surface area contributed by atoms with Crippen molar-refractivity contribution in [2.24, 2.45) is 11.1 Å². The number of rotatable bonds is 1. The first-order valence-electron chi connectivity index (χ1n) is 3.84. The summed E-state index contributed by atoms with van der Waals surface area (Å²) in [6.45, 7) is 6.11. The number of nitrogens with one attached hydrogen (secondary N) is 1. The highest BCUT2D eigenvalue weighted by molar-refractivity contribution is 5.14. The zero-order valence-electron chi connectivity index (χ0n) is 7.63. The van der Waals surface area contributed by atoms with E-state index in [1.54, 1.807) is 0 Å². The van der Waals surface area contributed by atoms with Gasteiger partial charge in [-0.15, -0.1) is 5.10 Å². The summed E-state index contributed by atoms with van der Waals surface area (Å²) in [5.41, 5.74) is 11.2. The fourth-order valence-electron chi connectivity index (χ4n) is 0.837. The second-order valence-corrected chi connectivity index (χ2v) is 3.92. The van der Waals surface area contributed by atoms with E-state index in [9.17, 15) is 0 Å². The molecule has 5 nitrogen and oxygen atoms in total. The number of anilines is 1. The van der Waals surface area contributed by atoms with E-state index in [4.69, 9.17) is 11.5 Å². The number of H-pyrrole nitrogens is 1. The van der Waals surface area contributed by atoms with E-state index < -0.39 is 0 Å². The highest BCUT2D eigenvalue weighted by Gasteiger charge is 2.24. The van der Waals surface area contributed by atoms with E-state index in [0.717, 1.165) is 0 Å². The Hall–Kier alpha value is -1.10. The van der Waals surface area contributed by atoms with Gasteiger partial charge in [0.05, 0.1) is 6.04 Å². The van der Waals surface area contributed by atoms with Crippen LogP contribution in [0.2, 0.25) is 0 Å². The molecule has 0 saturated carbocycles. The Balaban J connectivity index is 2.85. The minimum absolute atomic E-state index is 0.0357. The molecule has 0 radical (unpaired) electrons. The van der Waals surface area contributed by atoms with Crippen LogP contribution in [-0.2, 0) is 0 Å². The molecule has 0 bridgehead atoms. The molecule has 12 heavy (non-hydrogen) atoms. The summed E-state index contributed by atoms with van der Waals surface area (Å²) < 4.78 is 0. The molecule has 1 atom stereocenters. The zero-order chi connectivity index (χ0) is 9.35. The van der Waals surface area contributed by atoms with Gasteiger partial charge in [0, 0.05) is 0 Å². The van der Waals surface area contributed by atoms with Crippen LogP contribution in [0, 0.1) is 5.41 Å². The maximum absolute atomic E-state index is 5.90. The lowest BCUT2D eigenvalue weighted by atomic mass is 9.87. The summed E-state index contributed by atoms with van der Waals surface area (Å²) in [5.74, 6) is 0.879. The van der Waals surface area contributed by atoms with Crippen LogP contribution in [0.3, 0.4) is 0 Å². The minimum Gasteiger partial charge on any atom is -0.367 e. The molecule has 1 heterocycles. The number of hydrogen-bond donors (Lipinski definition) is 3. The van der Waals surface area contributed by atoms with Gasteiger partial charge in [-0.2, -0.15) is 4.98 Å². The maximum Gasteiger partial charge on any atom is 0.239 e. The molecule has 0 aromatic carbocycles. The first-order valence-corrected chi connectivity index (χ1v) is 3.84. The predicted molar refractivity (Wildman–Crippen MR) is 47.2 cm³/mol. The maximum atomic E-state index is 5.90. The average molecular weight is 169 g/mol. The van der Waals surface area contributed by atoms with Crippen LogP contribution in [0.15, 0.2) is 0 Å². The second-order valence-electron chi connectivity index (χ2n) is 3.92. The predicted octanol–water partition coefficient (Wildman–Crippen LogP) is 0.433. The summed E-state index contributed by atoms with van der Waals surface area (Å²) in [5, 5.41) is 6.41. The number of hydrogen-bond acceptors (Lipinski definition) is 4. The van der Waals surface area contributed by atoms with E-state index in [2.05, 4.69) is 15.2 Å². The normalized spacial score (nSPS) is 14.7. The molecule has 5 heteroatoms. The van der Waals surface area contributed by atoms with Gasteiger partial charge in [0.2, 0.25) is 5.95 Å². The van der Waals surface area contributed by atoms with Crippen molar-refractivity contribution in [3.8, 4) is 0 Å². The van der Waals surface area contributed by atoms with Gasteiger partial charge < -0.3 is 11.5 Å². The third-order valence-electron chi connectivity index (χ3n) is 1.75. The molecule has 1 rings (SSSR count). The molecule has 0 amide bonds. The van der Waals surface area contributed by atoms with Crippen molar-refractivity contribution in [2.45, 2.75) is 26.8 Å². The fourth-order valence-corrected chi connectivity index (χ4v) is 0.837. The number of aromatic nitrogens is 3. The van der Waals surface area contributed by atoms with Gasteiger partial charge in [0.15, 0.2) is 0 Å². The molecule has 1 aromatic heterocycles. The smallest absolute Gasteiger partial charge is 0.239 e. The van der Waals surface area contributed by atoms with Gasteiger partial charge >= 0.3 is 0 Å². The van der Waals surface area contributed by atoms with Crippen molar-refractivity contribution in [2.75, 3.05) is 5.73 Å². The van der Waals surface area contributed by atoms with Crippen LogP contribution in [0.5, 0.6) is 0 Å². The topological polar surface area (TPSA) is 93.6 Å². The fraction of sp³-hybridized carbons (Fsp3) is 0.714. The van der Waals surface area contributed by atoms with Gasteiger partial charge in [-0.05, 0) is 5.41 Å². The highest BCUT2D eigenvalue weighted by atomic mass is 15.3. The molecule has 0 aliphatic rings. The van der Waals surface area contributed by atoms with Crippen molar-refractivity contribution in [3.05, 3.63) is 5.82 Å². The summed E-state index contributed by atoms with van der Waals surface area (Å²) in [4.78, 5) is 3.96. The third-order valence-corrected chi connectivity index (χ3v) is 1.75. The summed E-state index contributed by atoms with van der Waals surface area (Å²) >= 11 is 0. The van der Waals surface area contributed by atoms with Crippen LogP contribution >= 0.6 is 0 Å². The number of nitrogen functional groups attached to an aromatic ring is 1. The molecule has 1 aromatic rings. The quantitative estimate of drug-likeness (QED) is 0.568. The standard InChI is InChI=1S/C7H15N5/c1-7(2,3)4(8)5-10-6(9)12-11-5/h4H,8H2,1-3H3,(H3,9,10,11,12). The lowest BCUT2D eigenvalue weighted by Crippen LogP contribution is -2.27. The number of nitrogens with two attached hydrogens (primary N) is 2. The van der Waals surface area contributed by atoms with Gasteiger partial charge in [0.1, 0.15) is 5.82 Å². The largest absolute Gasteiger partial charge is 0.367 e. The second kappa shape index (κ2) is 2.75. The van der Waals surface area contributed by atoms with Gasteiger partial charge in [0.25, 0.3) is 0 Å². The van der Waals surface area contributed by atoms with Crippen molar-refractivity contribution in [3.63, 3.8) is 0 Å². The Bertz CT molecular complexity index is 259. The van der Waals surface area contributed by atoms with Crippen molar-refractivity contribution >= 4 is 5.95 Å². The minimum atomic E-state index is -0.165. The molecule has 0 aliphatic carbocycles. The van der Waals surface area contributed by atoms with Crippen molar-refractivity contribution < 1.29 is 0 Å². The zero-order valence-corrected chi connectivity index (χ0v) is 7.63. The molecule has 0 fully saturated rings. The van der Waals surface area contributed by atoms with E-state index in [-0.39, 0.29) is 17.4 Å². The first kappa shape index (κ1) is 8.99. The van der Waals surface area contributed by atoms with Crippen LogP contribution < -0.4 is 11.5 Å². The van der Waals surface area contributed by atoms with Gasteiger partial charge in [-0.3, -0.25) is 5.10 Å². The molecular weight excluding hydrogens is 154 g/mol. The Labute approximate surface area is 71.6 Å². The Kier molecular flexibility index (Phi) is 2.06. The summed E-state index contributed by atoms with van der Waals surface area (Å²) in [6, 6.07) is -0.165. The van der Waals surface area contributed by atoms with Crippen LogP contribution in [0.25, 0.3) is 0 Å². The molecule has 0 saturated heterocycles. The van der Waals surface area contributed by atoms with E-state index in [1.165, 1.54) is 0 Å². The van der Waals surface area contributed by atoms with Gasteiger partial charge in [-0.1, -0.05) is 20.8 Å². The lowest BCUT2D eigenvalue weighted by Gasteiger charge is -2.24. The van der Waals surface area contributed by atoms with Crippen molar-refractivity contribution in [1.29, 1.82) is 0 Å². The van der Waals surface area contributed by atoms with Crippen LogP contribution in [0.4, 0.5) is 5.95 Å². The Morgan fingerprint density at radius 1 is 1.42 bits per heavy atom. The Morgan fingerprint density at radius 2 is 2.00 bits per heavy atom. The SMILES string of the molecule is CC(C)(C)C(N)c1nc(N)n[nH]1. The molecule has 1 unspecified atom stereocenters. The molecule has 0 aliphatic heterocycles.